The van der Waals surface area contributed by atoms with Crippen molar-refractivity contribution >= 4 is 28.9 Å². The van der Waals surface area contributed by atoms with Crippen molar-refractivity contribution in [2.24, 2.45) is 0 Å². The largest absolute Gasteiger partial charge is 0.418 e. The lowest BCUT2D eigenvalue weighted by atomic mass is 10.1. The molecule has 2 aromatic rings. The van der Waals surface area contributed by atoms with Gasteiger partial charge in [-0.3, -0.25) is 4.79 Å². The molecule has 3 nitrogen and oxygen atoms in total. The summed E-state index contributed by atoms with van der Waals surface area (Å²) in [5, 5.41) is 2.72. The summed E-state index contributed by atoms with van der Waals surface area (Å²) in [4.78, 5) is 13.6. The zero-order valence-electron chi connectivity index (χ0n) is 13.1. The minimum absolute atomic E-state index is 0.105. The molecule has 1 amide bonds. The molecule has 24 heavy (non-hydrogen) atoms. The Morgan fingerprint density at radius 2 is 1.83 bits per heavy atom. The normalized spacial score (nSPS) is 11.2. The smallest absolute Gasteiger partial charge is 0.378 e. The molecule has 128 valence electrons. The van der Waals surface area contributed by atoms with E-state index in [0.29, 0.717) is 16.3 Å². The topological polar surface area (TPSA) is 32.3 Å². The Hall–Kier alpha value is -2.21. The summed E-state index contributed by atoms with van der Waals surface area (Å²) in [6.07, 6.45) is -4.68. The van der Waals surface area contributed by atoms with Crippen molar-refractivity contribution in [2.75, 3.05) is 24.3 Å². The average Bonchev–Trinajstić information content (AvgIpc) is 2.48. The number of carbonyl (C=O) groups excluding carboxylic acids is 1. The highest BCUT2D eigenvalue weighted by molar-refractivity contribution is 6.31. The molecule has 0 radical (unpaired) electrons. The maximum Gasteiger partial charge on any atom is 0.418 e. The molecule has 2 rings (SSSR count). The Morgan fingerprint density at radius 1 is 1.17 bits per heavy atom. The molecule has 2 aromatic carbocycles. The Morgan fingerprint density at radius 3 is 2.42 bits per heavy atom. The lowest BCUT2D eigenvalue weighted by Gasteiger charge is -2.18. The third kappa shape index (κ3) is 4.41. The number of rotatable bonds is 4. The van der Waals surface area contributed by atoms with Crippen molar-refractivity contribution < 1.29 is 18.0 Å². The summed E-state index contributed by atoms with van der Waals surface area (Å²) in [7, 11) is 3.29. The predicted molar refractivity (Wildman–Crippen MR) is 89.6 cm³/mol. The number of halogens is 4. The number of anilines is 2. The Bertz CT molecular complexity index is 745. The molecule has 0 aliphatic carbocycles. The van der Waals surface area contributed by atoms with E-state index in [-0.39, 0.29) is 12.1 Å². The third-order valence-corrected chi connectivity index (χ3v) is 3.78. The first kappa shape index (κ1) is 18.1. The summed E-state index contributed by atoms with van der Waals surface area (Å²) in [6, 6.07) is 10.5. The van der Waals surface area contributed by atoms with Gasteiger partial charge in [-0.2, -0.15) is 13.2 Å². The summed E-state index contributed by atoms with van der Waals surface area (Å²) in [5.41, 5.74) is -0.215. The van der Waals surface area contributed by atoms with Crippen molar-refractivity contribution in [1.82, 2.24) is 0 Å². The minimum atomic E-state index is -4.57. The van der Waals surface area contributed by atoms with E-state index in [2.05, 4.69) is 5.32 Å². The van der Waals surface area contributed by atoms with Crippen LogP contribution in [0.3, 0.4) is 0 Å². The lowest BCUT2D eigenvalue weighted by molar-refractivity contribution is -0.136. The van der Waals surface area contributed by atoms with Crippen molar-refractivity contribution in [3.05, 3.63) is 58.6 Å². The molecule has 0 heterocycles. The molecule has 7 heteroatoms. The van der Waals surface area contributed by atoms with Crippen molar-refractivity contribution in [2.45, 2.75) is 12.6 Å². The molecule has 0 saturated carbocycles. The average molecular weight is 357 g/mol. The van der Waals surface area contributed by atoms with Crippen molar-refractivity contribution in [1.29, 1.82) is 0 Å². The predicted octanol–water partition coefficient (Wildman–Crippen LogP) is 4.61. The van der Waals surface area contributed by atoms with Gasteiger partial charge in [0.25, 0.3) is 0 Å². The van der Waals surface area contributed by atoms with Crippen LogP contribution in [0.4, 0.5) is 24.5 Å². The second-order valence-corrected chi connectivity index (χ2v) is 5.85. The summed E-state index contributed by atoms with van der Waals surface area (Å²) in [5.74, 6) is -0.564. The molecule has 0 spiro atoms. The van der Waals surface area contributed by atoms with Gasteiger partial charge < -0.3 is 10.2 Å². The van der Waals surface area contributed by atoms with Crippen molar-refractivity contribution in [3.8, 4) is 0 Å². The summed E-state index contributed by atoms with van der Waals surface area (Å²) in [6.45, 7) is 0. The lowest BCUT2D eigenvalue weighted by Crippen LogP contribution is -2.19. The van der Waals surface area contributed by atoms with E-state index in [1.54, 1.807) is 43.3 Å². The van der Waals surface area contributed by atoms with Gasteiger partial charge in [0.05, 0.1) is 17.7 Å². The first-order valence-electron chi connectivity index (χ1n) is 7.10. The van der Waals surface area contributed by atoms with Crippen LogP contribution < -0.4 is 10.2 Å². The SMILES string of the molecule is CN(C)c1ccc(NC(=O)Cc2ccccc2Cl)c(C(F)(F)F)c1. The van der Waals surface area contributed by atoms with Crippen LogP contribution in [-0.4, -0.2) is 20.0 Å². The number of nitrogens with zero attached hydrogens (tertiary/aromatic N) is 1. The Kier molecular flexibility index (Phi) is 5.39. The van der Waals surface area contributed by atoms with Gasteiger partial charge in [-0.25, -0.2) is 0 Å². The third-order valence-electron chi connectivity index (χ3n) is 3.41. The van der Waals surface area contributed by atoms with Crippen LogP contribution >= 0.6 is 11.6 Å². The minimum Gasteiger partial charge on any atom is -0.378 e. The fraction of sp³-hybridized carbons (Fsp3) is 0.235. The Balaban J connectivity index is 2.25. The van der Waals surface area contributed by atoms with Gasteiger partial charge in [0.1, 0.15) is 0 Å². The number of carbonyl (C=O) groups is 1. The van der Waals surface area contributed by atoms with Gasteiger partial charge in [-0.15, -0.1) is 0 Å². The highest BCUT2D eigenvalue weighted by Crippen LogP contribution is 2.37. The molecule has 1 N–H and O–H groups in total. The standard InChI is InChI=1S/C17H16ClF3N2O/c1-23(2)12-7-8-15(13(10-12)17(19,20)21)22-16(24)9-11-5-3-4-6-14(11)18/h3-8,10H,9H2,1-2H3,(H,22,24). The van der Waals surface area contributed by atoms with E-state index in [1.807, 2.05) is 0 Å². The zero-order chi connectivity index (χ0) is 17.9. The summed E-state index contributed by atoms with van der Waals surface area (Å²) >= 11 is 5.97. The number of benzene rings is 2. The monoisotopic (exact) mass is 356 g/mol. The maximum atomic E-state index is 13.2. The van der Waals surface area contributed by atoms with Gasteiger partial charge in [0, 0.05) is 24.8 Å². The zero-order valence-corrected chi connectivity index (χ0v) is 13.9. The number of nitrogens with one attached hydrogen (secondary N) is 1. The van der Waals surface area contributed by atoms with Gasteiger partial charge in [-0.05, 0) is 29.8 Å². The fourth-order valence-electron chi connectivity index (χ4n) is 2.16. The molecule has 0 saturated heterocycles. The first-order chi connectivity index (χ1) is 11.2. The fourth-order valence-corrected chi connectivity index (χ4v) is 2.37. The van der Waals surface area contributed by atoms with Crippen molar-refractivity contribution in [3.63, 3.8) is 0 Å². The van der Waals surface area contributed by atoms with E-state index >= 15 is 0 Å². The molecule has 0 fully saturated rings. The van der Waals surface area contributed by atoms with Gasteiger partial charge in [0.15, 0.2) is 0 Å². The number of amides is 1. The molecule has 0 unspecified atom stereocenters. The van der Waals surface area contributed by atoms with Crippen LogP contribution in [0.15, 0.2) is 42.5 Å². The van der Waals surface area contributed by atoms with Crippen LogP contribution in [-0.2, 0) is 17.4 Å². The Labute approximate surface area is 143 Å². The maximum absolute atomic E-state index is 13.2. The van der Waals surface area contributed by atoms with E-state index in [9.17, 15) is 18.0 Å². The number of hydrogen-bond acceptors (Lipinski definition) is 2. The molecule has 0 aromatic heterocycles. The van der Waals surface area contributed by atoms with Crippen LogP contribution in [0.1, 0.15) is 11.1 Å². The number of alkyl halides is 3. The highest BCUT2D eigenvalue weighted by Gasteiger charge is 2.34. The van der Waals surface area contributed by atoms with Crippen LogP contribution in [0, 0.1) is 0 Å². The second kappa shape index (κ2) is 7.13. The number of hydrogen-bond donors (Lipinski definition) is 1. The highest BCUT2D eigenvalue weighted by atomic mass is 35.5. The van der Waals surface area contributed by atoms with E-state index in [0.717, 1.165) is 6.07 Å². The summed E-state index contributed by atoms with van der Waals surface area (Å²) < 4.78 is 39.7. The molecule has 0 atom stereocenters. The van der Waals surface area contributed by atoms with E-state index in [1.165, 1.54) is 12.1 Å². The van der Waals surface area contributed by atoms with Gasteiger partial charge in [0.2, 0.25) is 5.91 Å². The second-order valence-electron chi connectivity index (χ2n) is 5.44. The molecule has 0 bridgehead atoms. The van der Waals surface area contributed by atoms with Gasteiger partial charge >= 0.3 is 6.18 Å². The van der Waals surface area contributed by atoms with E-state index < -0.39 is 17.6 Å². The van der Waals surface area contributed by atoms with E-state index in [4.69, 9.17) is 11.6 Å². The molecule has 0 aliphatic heterocycles. The van der Waals surface area contributed by atoms with Crippen LogP contribution in [0.25, 0.3) is 0 Å². The van der Waals surface area contributed by atoms with Crippen LogP contribution in [0.5, 0.6) is 0 Å². The molecule has 0 aliphatic rings. The van der Waals surface area contributed by atoms with Crippen LogP contribution in [0.2, 0.25) is 5.02 Å². The quantitative estimate of drug-likeness (QED) is 0.868. The molecular formula is C17H16ClF3N2O. The first-order valence-corrected chi connectivity index (χ1v) is 7.48. The van der Waals surface area contributed by atoms with Gasteiger partial charge in [-0.1, -0.05) is 29.8 Å². The molecular weight excluding hydrogens is 341 g/mol.